The maximum atomic E-state index is 12.8. The molecule has 2 saturated heterocycles. The van der Waals surface area contributed by atoms with E-state index in [1.807, 2.05) is 0 Å². The molecule has 0 radical (unpaired) electrons. The molecule has 11 heteroatoms. The normalized spacial score (nSPS) is 23.7. The van der Waals surface area contributed by atoms with Gasteiger partial charge in [0.1, 0.15) is 11.4 Å². The number of fused-ring (bicyclic) bond motifs is 2. The predicted molar refractivity (Wildman–Crippen MR) is 92.8 cm³/mol. The molecule has 160 valence electrons. The number of rotatable bonds is 3. The van der Waals surface area contributed by atoms with E-state index in [9.17, 15) is 31.1 Å². The third-order valence-electron chi connectivity index (χ3n) is 5.26. The molecule has 1 amide bonds. The summed E-state index contributed by atoms with van der Waals surface area (Å²) in [5, 5.41) is 2.86. The van der Waals surface area contributed by atoms with Crippen molar-refractivity contribution in [2.75, 3.05) is 18.5 Å². The maximum Gasteiger partial charge on any atom is 0.471 e. The summed E-state index contributed by atoms with van der Waals surface area (Å²) in [6, 6.07) is 8.00. The number of hydrogen-bond acceptors (Lipinski definition) is 4. The molecule has 0 aliphatic carbocycles. The highest BCUT2D eigenvalue weighted by Crippen LogP contribution is 2.46. The van der Waals surface area contributed by atoms with Gasteiger partial charge in [0.25, 0.3) is 0 Å². The SMILES string of the molecule is O=C(N1C[C@]2(c3ccc(Nc4ccc(C(F)(F)F)cn4)cc3)C[C@H]1CO2)C(F)(F)F. The van der Waals surface area contributed by atoms with Gasteiger partial charge in [-0.3, -0.25) is 4.79 Å². The topological polar surface area (TPSA) is 54.5 Å². The summed E-state index contributed by atoms with van der Waals surface area (Å²) in [5.41, 5.74) is -0.724. The number of nitrogens with one attached hydrogen (secondary N) is 1. The lowest BCUT2D eigenvalue weighted by atomic mass is 9.93. The molecule has 2 bridgehead atoms. The number of alkyl halides is 6. The number of nitrogens with zero attached hydrogens (tertiary/aromatic N) is 2. The Hall–Kier alpha value is -2.82. The highest BCUT2D eigenvalue weighted by Gasteiger charge is 2.57. The third kappa shape index (κ3) is 3.69. The van der Waals surface area contributed by atoms with E-state index in [-0.39, 0.29) is 25.4 Å². The van der Waals surface area contributed by atoms with Crippen molar-refractivity contribution in [2.24, 2.45) is 0 Å². The number of anilines is 2. The van der Waals surface area contributed by atoms with Gasteiger partial charge in [0.2, 0.25) is 0 Å². The van der Waals surface area contributed by atoms with Crippen LogP contribution < -0.4 is 5.32 Å². The van der Waals surface area contributed by atoms with Crippen molar-refractivity contribution < 1.29 is 35.9 Å². The van der Waals surface area contributed by atoms with E-state index in [1.54, 1.807) is 24.3 Å². The van der Waals surface area contributed by atoms with Gasteiger partial charge in [0.05, 0.1) is 24.8 Å². The van der Waals surface area contributed by atoms with Gasteiger partial charge in [-0.15, -0.1) is 0 Å². The van der Waals surface area contributed by atoms with Crippen molar-refractivity contribution in [1.82, 2.24) is 9.88 Å². The Bertz CT molecular complexity index is 943. The van der Waals surface area contributed by atoms with Crippen LogP contribution in [0.25, 0.3) is 0 Å². The molecule has 3 heterocycles. The molecular formula is C19H15F6N3O2. The highest BCUT2D eigenvalue weighted by molar-refractivity contribution is 5.82. The van der Waals surface area contributed by atoms with Crippen LogP contribution in [0, 0.1) is 0 Å². The van der Waals surface area contributed by atoms with Crippen LogP contribution in [-0.2, 0) is 21.3 Å². The minimum Gasteiger partial charge on any atom is -0.366 e. The lowest BCUT2D eigenvalue weighted by Gasteiger charge is -2.33. The fourth-order valence-electron chi connectivity index (χ4n) is 3.80. The number of carbonyl (C=O) groups excluding carboxylic acids is 1. The molecule has 2 fully saturated rings. The van der Waals surface area contributed by atoms with Gasteiger partial charge in [0, 0.05) is 18.3 Å². The summed E-state index contributed by atoms with van der Waals surface area (Å²) >= 11 is 0. The Morgan fingerprint density at radius 1 is 1.10 bits per heavy atom. The number of aromatic nitrogens is 1. The zero-order valence-corrected chi connectivity index (χ0v) is 15.2. The van der Waals surface area contributed by atoms with Gasteiger partial charge in [-0.05, 0) is 29.8 Å². The number of benzene rings is 1. The first-order valence-electron chi connectivity index (χ1n) is 8.90. The smallest absolute Gasteiger partial charge is 0.366 e. The Labute approximate surface area is 166 Å². The van der Waals surface area contributed by atoms with Crippen molar-refractivity contribution in [3.05, 3.63) is 53.7 Å². The van der Waals surface area contributed by atoms with Gasteiger partial charge < -0.3 is 15.0 Å². The lowest BCUT2D eigenvalue weighted by molar-refractivity contribution is -0.191. The van der Waals surface area contributed by atoms with Gasteiger partial charge >= 0.3 is 18.3 Å². The third-order valence-corrected chi connectivity index (χ3v) is 5.26. The number of likely N-dealkylation sites (tertiary alicyclic amines) is 1. The summed E-state index contributed by atoms with van der Waals surface area (Å²) in [6.07, 6.45) is -8.43. The van der Waals surface area contributed by atoms with Crippen LogP contribution >= 0.6 is 0 Å². The molecule has 2 atom stereocenters. The number of carbonyl (C=O) groups is 1. The van der Waals surface area contributed by atoms with Crippen LogP contribution in [0.1, 0.15) is 17.5 Å². The molecule has 2 aromatic rings. The zero-order valence-electron chi connectivity index (χ0n) is 15.2. The fourth-order valence-corrected chi connectivity index (χ4v) is 3.80. The maximum absolute atomic E-state index is 12.8. The molecule has 30 heavy (non-hydrogen) atoms. The minimum atomic E-state index is -4.94. The number of ether oxygens (including phenoxy) is 1. The van der Waals surface area contributed by atoms with Crippen LogP contribution in [0.3, 0.4) is 0 Å². The largest absolute Gasteiger partial charge is 0.471 e. The van der Waals surface area contributed by atoms with Crippen molar-refractivity contribution >= 4 is 17.4 Å². The number of amides is 1. The van der Waals surface area contributed by atoms with Crippen molar-refractivity contribution in [2.45, 2.75) is 30.4 Å². The van der Waals surface area contributed by atoms with Crippen molar-refractivity contribution in [3.63, 3.8) is 0 Å². The summed E-state index contributed by atoms with van der Waals surface area (Å²) in [6.45, 7) is -0.166. The molecule has 5 nitrogen and oxygen atoms in total. The Morgan fingerprint density at radius 2 is 1.80 bits per heavy atom. The van der Waals surface area contributed by atoms with Gasteiger partial charge in [-0.1, -0.05) is 12.1 Å². The predicted octanol–water partition coefficient (Wildman–Crippen LogP) is 4.23. The van der Waals surface area contributed by atoms with E-state index in [1.165, 1.54) is 6.07 Å². The minimum absolute atomic E-state index is 0.0251. The molecule has 1 N–H and O–H groups in total. The average molecular weight is 431 g/mol. The molecule has 0 spiro atoms. The van der Waals surface area contributed by atoms with Crippen molar-refractivity contribution in [3.8, 4) is 0 Å². The molecule has 2 aliphatic rings. The molecule has 0 saturated carbocycles. The Balaban J connectivity index is 1.47. The first-order chi connectivity index (χ1) is 14.0. The first kappa shape index (κ1) is 20.5. The second kappa shape index (κ2) is 6.86. The Morgan fingerprint density at radius 3 is 2.37 bits per heavy atom. The molecule has 4 rings (SSSR count). The number of pyridine rings is 1. The van der Waals surface area contributed by atoms with Gasteiger partial charge in [0.15, 0.2) is 0 Å². The molecule has 1 aromatic heterocycles. The lowest BCUT2D eigenvalue weighted by Crippen LogP contribution is -2.49. The van der Waals surface area contributed by atoms with Gasteiger partial charge in [-0.25, -0.2) is 4.98 Å². The fraction of sp³-hybridized carbons (Fsp3) is 0.368. The van der Waals surface area contributed by atoms with E-state index < -0.39 is 35.5 Å². The zero-order chi connectivity index (χ0) is 21.7. The summed E-state index contributed by atoms with van der Waals surface area (Å²) < 4.78 is 81.9. The van der Waals surface area contributed by atoms with E-state index in [2.05, 4.69) is 10.3 Å². The monoisotopic (exact) mass is 431 g/mol. The number of halogens is 6. The van der Waals surface area contributed by atoms with Crippen molar-refractivity contribution in [1.29, 1.82) is 0 Å². The first-order valence-corrected chi connectivity index (χ1v) is 8.90. The second-order valence-corrected chi connectivity index (χ2v) is 7.23. The van der Waals surface area contributed by atoms with Crippen LogP contribution in [0.2, 0.25) is 0 Å². The second-order valence-electron chi connectivity index (χ2n) is 7.23. The summed E-state index contributed by atoms with van der Waals surface area (Å²) in [5.74, 6) is -1.67. The highest BCUT2D eigenvalue weighted by atomic mass is 19.4. The van der Waals surface area contributed by atoms with Crippen LogP contribution in [0.15, 0.2) is 42.6 Å². The van der Waals surface area contributed by atoms with Crippen LogP contribution in [-0.4, -0.2) is 41.2 Å². The summed E-state index contributed by atoms with van der Waals surface area (Å²) in [7, 11) is 0. The van der Waals surface area contributed by atoms with E-state index in [0.717, 1.165) is 11.0 Å². The number of morpholine rings is 1. The Kier molecular flexibility index (Phi) is 4.68. The van der Waals surface area contributed by atoms with E-state index in [0.29, 0.717) is 17.4 Å². The van der Waals surface area contributed by atoms with Gasteiger partial charge in [-0.2, -0.15) is 26.3 Å². The molecule has 0 unspecified atom stereocenters. The quantitative estimate of drug-likeness (QED) is 0.740. The molecule has 2 aliphatic heterocycles. The molecule has 1 aromatic carbocycles. The molecular weight excluding hydrogens is 416 g/mol. The van der Waals surface area contributed by atoms with E-state index >= 15 is 0 Å². The van der Waals surface area contributed by atoms with Crippen LogP contribution in [0.5, 0.6) is 0 Å². The summed E-state index contributed by atoms with van der Waals surface area (Å²) in [4.78, 5) is 16.2. The standard InChI is InChI=1S/C19H15F6N3O2/c20-18(21,22)12-3-6-15(26-8-12)27-13-4-1-11(2-5-13)17-7-14(9-30-17)28(10-17)16(29)19(23,24)25/h1-6,8,14H,7,9-10H2,(H,26,27)/t14-,17-/m0/s1. The van der Waals surface area contributed by atoms with E-state index in [4.69, 9.17) is 4.74 Å². The number of hydrogen-bond donors (Lipinski definition) is 1. The average Bonchev–Trinajstić information content (AvgIpc) is 3.27. The van der Waals surface area contributed by atoms with Crippen LogP contribution in [0.4, 0.5) is 37.8 Å².